The first-order valence-electron chi connectivity index (χ1n) is 9.20. The third-order valence-electron chi connectivity index (χ3n) is 5.27. The van der Waals surface area contributed by atoms with Crippen molar-refractivity contribution in [2.45, 2.75) is 45.6 Å². The summed E-state index contributed by atoms with van der Waals surface area (Å²) in [5.41, 5.74) is -0.995. The van der Waals surface area contributed by atoms with Gasteiger partial charge in [0.1, 0.15) is 12.1 Å². The Morgan fingerprint density at radius 1 is 1.36 bits per heavy atom. The molecular formula is C19H24N4O5. The molecule has 9 nitrogen and oxygen atoms in total. The van der Waals surface area contributed by atoms with Gasteiger partial charge in [0.2, 0.25) is 5.91 Å². The van der Waals surface area contributed by atoms with Gasteiger partial charge in [0, 0.05) is 17.8 Å². The lowest BCUT2D eigenvalue weighted by atomic mass is 9.64. The lowest BCUT2D eigenvalue weighted by molar-refractivity contribution is -0.384. The Hall–Kier alpha value is -2.97. The van der Waals surface area contributed by atoms with Gasteiger partial charge in [-0.05, 0) is 36.7 Å². The van der Waals surface area contributed by atoms with Crippen LogP contribution >= 0.6 is 0 Å². The Balaban J connectivity index is 1.71. The molecular weight excluding hydrogens is 364 g/mol. The van der Waals surface area contributed by atoms with Gasteiger partial charge in [-0.15, -0.1) is 0 Å². The minimum atomic E-state index is -0.968. The first-order chi connectivity index (χ1) is 13.0. The normalized spacial score (nSPS) is 26.2. The van der Waals surface area contributed by atoms with Crippen molar-refractivity contribution >= 4 is 29.2 Å². The number of benzene rings is 1. The number of anilines is 1. The lowest BCUT2D eigenvalue weighted by Crippen LogP contribution is -2.54. The van der Waals surface area contributed by atoms with Crippen molar-refractivity contribution in [2.24, 2.45) is 11.3 Å². The van der Waals surface area contributed by atoms with E-state index in [9.17, 15) is 24.5 Å². The maximum absolute atomic E-state index is 13.0. The van der Waals surface area contributed by atoms with Crippen LogP contribution in [0.4, 0.5) is 16.2 Å². The lowest BCUT2D eigenvalue weighted by Gasteiger charge is -2.43. The Labute approximate surface area is 162 Å². The van der Waals surface area contributed by atoms with E-state index < -0.39 is 28.9 Å². The molecule has 1 aliphatic carbocycles. The molecule has 2 aliphatic rings. The van der Waals surface area contributed by atoms with Gasteiger partial charge in [0.05, 0.1) is 4.92 Å². The van der Waals surface area contributed by atoms with E-state index in [1.165, 1.54) is 24.3 Å². The van der Waals surface area contributed by atoms with Crippen molar-refractivity contribution < 1.29 is 19.3 Å². The standard InChI is InChI=1S/C19H24N4O5/c1-12-8-18(2,3)11-19(9-12)16(25)22(17(26)21-19)10-15(24)20-13-5-4-6-14(7-13)23(27)28/h4-7,12H,8-11H2,1-3H3,(H,20,24)(H,21,26). The highest BCUT2D eigenvalue weighted by Gasteiger charge is 2.56. The summed E-state index contributed by atoms with van der Waals surface area (Å²) in [4.78, 5) is 49.0. The number of rotatable bonds is 4. The zero-order valence-electron chi connectivity index (χ0n) is 16.2. The maximum Gasteiger partial charge on any atom is 0.325 e. The molecule has 1 spiro atoms. The summed E-state index contributed by atoms with van der Waals surface area (Å²) < 4.78 is 0. The number of carbonyl (C=O) groups excluding carboxylic acids is 3. The average molecular weight is 388 g/mol. The van der Waals surface area contributed by atoms with Crippen LogP contribution in [0.2, 0.25) is 0 Å². The predicted octanol–water partition coefficient (Wildman–Crippen LogP) is 2.67. The summed E-state index contributed by atoms with van der Waals surface area (Å²) in [6, 6.07) is 4.90. The molecule has 9 heteroatoms. The van der Waals surface area contributed by atoms with Crippen molar-refractivity contribution in [1.82, 2.24) is 10.2 Å². The van der Waals surface area contributed by atoms with Crippen LogP contribution in [0.15, 0.2) is 24.3 Å². The highest BCUT2D eigenvalue weighted by Crippen LogP contribution is 2.46. The molecule has 0 radical (unpaired) electrons. The smallest absolute Gasteiger partial charge is 0.324 e. The van der Waals surface area contributed by atoms with Crippen LogP contribution in [-0.2, 0) is 9.59 Å². The second-order valence-electron chi connectivity index (χ2n) is 8.61. The van der Waals surface area contributed by atoms with Crippen LogP contribution in [0.1, 0.15) is 40.0 Å². The highest BCUT2D eigenvalue weighted by molar-refractivity contribution is 6.10. The third-order valence-corrected chi connectivity index (χ3v) is 5.27. The first-order valence-corrected chi connectivity index (χ1v) is 9.20. The fourth-order valence-electron chi connectivity index (χ4n) is 4.69. The molecule has 4 amide bonds. The molecule has 1 aromatic carbocycles. The average Bonchev–Trinajstić information content (AvgIpc) is 2.76. The zero-order chi connectivity index (χ0) is 20.7. The summed E-state index contributed by atoms with van der Waals surface area (Å²) in [6.07, 6.45) is 2.03. The molecule has 0 aromatic heterocycles. The first kappa shape index (κ1) is 19.8. The number of urea groups is 1. The van der Waals surface area contributed by atoms with E-state index in [1.807, 2.05) is 0 Å². The molecule has 3 rings (SSSR count). The number of carbonyl (C=O) groups is 3. The van der Waals surface area contributed by atoms with E-state index in [1.54, 1.807) is 0 Å². The number of nitro groups is 1. The molecule has 2 unspecified atom stereocenters. The summed E-state index contributed by atoms with van der Waals surface area (Å²) in [6.45, 7) is 5.76. The fraction of sp³-hybridized carbons (Fsp3) is 0.526. The Morgan fingerprint density at radius 2 is 2.07 bits per heavy atom. The molecule has 2 N–H and O–H groups in total. The Bertz CT molecular complexity index is 852. The van der Waals surface area contributed by atoms with Crippen LogP contribution in [0.5, 0.6) is 0 Å². The topological polar surface area (TPSA) is 122 Å². The predicted molar refractivity (Wildman–Crippen MR) is 101 cm³/mol. The van der Waals surface area contributed by atoms with Crippen LogP contribution in [-0.4, -0.2) is 39.8 Å². The summed E-state index contributed by atoms with van der Waals surface area (Å²) in [5, 5.41) is 16.2. The minimum absolute atomic E-state index is 0.0954. The highest BCUT2D eigenvalue weighted by atomic mass is 16.6. The van der Waals surface area contributed by atoms with Crippen LogP contribution in [0, 0.1) is 21.4 Å². The molecule has 1 heterocycles. The van der Waals surface area contributed by atoms with Crippen LogP contribution in [0.25, 0.3) is 0 Å². The number of hydrogen-bond donors (Lipinski definition) is 2. The number of nitro benzene ring substituents is 1. The molecule has 28 heavy (non-hydrogen) atoms. The van der Waals surface area contributed by atoms with E-state index in [0.717, 1.165) is 11.3 Å². The molecule has 150 valence electrons. The van der Waals surface area contributed by atoms with Gasteiger partial charge in [0.15, 0.2) is 0 Å². The van der Waals surface area contributed by atoms with Crippen molar-refractivity contribution in [1.29, 1.82) is 0 Å². The van der Waals surface area contributed by atoms with Crippen molar-refractivity contribution in [3.05, 3.63) is 34.4 Å². The number of amides is 4. The second kappa shape index (κ2) is 6.88. The summed E-state index contributed by atoms with van der Waals surface area (Å²) in [7, 11) is 0. The minimum Gasteiger partial charge on any atom is -0.324 e. The molecule has 1 saturated heterocycles. The Kier molecular flexibility index (Phi) is 4.86. The molecule has 1 saturated carbocycles. The van der Waals surface area contributed by atoms with Gasteiger partial charge >= 0.3 is 6.03 Å². The van der Waals surface area contributed by atoms with Crippen LogP contribution in [0.3, 0.4) is 0 Å². The molecule has 2 fully saturated rings. The largest absolute Gasteiger partial charge is 0.325 e. The third kappa shape index (κ3) is 3.83. The fourth-order valence-corrected chi connectivity index (χ4v) is 4.69. The van der Waals surface area contributed by atoms with E-state index >= 15 is 0 Å². The van der Waals surface area contributed by atoms with E-state index in [4.69, 9.17) is 0 Å². The van der Waals surface area contributed by atoms with Gasteiger partial charge < -0.3 is 10.6 Å². The number of hydrogen-bond acceptors (Lipinski definition) is 5. The van der Waals surface area contributed by atoms with Gasteiger partial charge in [-0.2, -0.15) is 0 Å². The molecule has 2 atom stereocenters. The number of non-ortho nitro benzene ring substituents is 1. The SMILES string of the molecule is CC1CC(C)(C)CC2(C1)NC(=O)N(CC(=O)Nc1cccc([N+](=O)[O-])c1)C2=O. The number of nitrogens with one attached hydrogen (secondary N) is 2. The van der Waals surface area contributed by atoms with E-state index in [-0.39, 0.29) is 28.6 Å². The van der Waals surface area contributed by atoms with Gasteiger partial charge in [-0.1, -0.05) is 26.8 Å². The molecule has 1 aliphatic heterocycles. The molecule has 0 bridgehead atoms. The number of imide groups is 1. The van der Waals surface area contributed by atoms with Gasteiger partial charge in [-0.25, -0.2) is 4.79 Å². The Morgan fingerprint density at radius 3 is 2.71 bits per heavy atom. The van der Waals surface area contributed by atoms with E-state index in [2.05, 4.69) is 31.4 Å². The molecule has 1 aromatic rings. The van der Waals surface area contributed by atoms with E-state index in [0.29, 0.717) is 12.8 Å². The van der Waals surface area contributed by atoms with Crippen molar-refractivity contribution in [3.8, 4) is 0 Å². The second-order valence-corrected chi connectivity index (χ2v) is 8.61. The summed E-state index contributed by atoms with van der Waals surface area (Å²) >= 11 is 0. The van der Waals surface area contributed by atoms with Crippen LogP contribution < -0.4 is 10.6 Å². The van der Waals surface area contributed by atoms with Crippen molar-refractivity contribution in [3.63, 3.8) is 0 Å². The quantitative estimate of drug-likeness (QED) is 0.466. The number of nitrogens with zero attached hydrogens (tertiary/aromatic N) is 2. The van der Waals surface area contributed by atoms with Gasteiger partial charge in [0.25, 0.3) is 11.6 Å². The zero-order valence-corrected chi connectivity index (χ0v) is 16.2. The van der Waals surface area contributed by atoms with Crippen molar-refractivity contribution in [2.75, 3.05) is 11.9 Å². The van der Waals surface area contributed by atoms with Gasteiger partial charge in [-0.3, -0.25) is 24.6 Å². The summed E-state index contributed by atoms with van der Waals surface area (Å²) in [5.74, 6) is -0.706. The maximum atomic E-state index is 13.0. The monoisotopic (exact) mass is 388 g/mol.